The minimum absolute atomic E-state index is 1.99. The first-order valence-corrected chi connectivity index (χ1v) is 2.93. The molecule has 0 aromatic carbocycles. The number of carbonyl (C=O) groups is 1. The molecule has 0 fully saturated rings. The molecule has 7 heteroatoms. The van der Waals surface area contributed by atoms with Crippen LogP contribution in [0.4, 0.5) is 4.79 Å². The van der Waals surface area contributed by atoms with E-state index in [-0.39, 0.29) is 0 Å². The summed E-state index contributed by atoms with van der Waals surface area (Å²) in [6.45, 7) is 0. The summed E-state index contributed by atoms with van der Waals surface area (Å²) in [7, 11) is -4.82. The van der Waals surface area contributed by atoms with Crippen molar-refractivity contribution < 1.29 is 28.8 Å². The normalized spacial score (nSPS) is 10.8. The summed E-state index contributed by atoms with van der Waals surface area (Å²) in [5.41, 5.74) is 0. The molecule has 0 unspecified atom stereocenters. The molecule has 0 aliphatic rings. The number of phosphoric ester groups is 1. The number of phosphoric acid groups is 1. The standard InChI is InChI=1S/CH3O6P/c2-1(3)7-8(4,5)6/h(H,2,3)(H2,4,5,6). The van der Waals surface area contributed by atoms with Gasteiger partial charge in [0.05, 0.1) is 0 Å². The van der Waals surface area contributed by atoms with Crippen molar-refractivity contribution in [2.45, 2.75) is 0 Å². The van der Waals surface area contributed by atoms with Crippen LogP contribution >= 0.6 is 7.82 Å². The molecule has 0 saturated heterocycles. The number of carboxylic acid groups (broad SMARTS) is 1. The van der Waals surface area contributed by atoms with Gasteiger partial charge < -0.3 is 9.63 Å². The first-order chi connectivity index (χ1) is 3.42. The van der Waals surface area contributed by atoms with Crippen LogP contribution in [0.1, 0.15) is 0 Å². The van der Waals surface area contributed by atoms with E-state index in [1.54, 1.807) is 0 Å². The SMILES string of the molecule is O=C(O)OP(=O)(O)O. The zero-order chi connectivity index (χ0) is 6.78. The Labute approximate surface area is 43.9 Å². The van der Waals surface area contributed by atoms with Gasteiger partial charge >= 0.3 is 14.0 Å². The Kier molecular flexibility index (Phi) is 1.97. The lowest BCUT2D eigenvalue weighted by Gasteiger charge is -1.97. The van der Waals surface area contributed by atoms with Gasteiger partial charge in [0.25, 0.3) is 0 Å². The molecule has 0 aliphatic heterocycles. The van der Waals surface area contributed by atoms with Crippen LogP contribution in [0.5, 0.6) is 0 Å². The van der Waals surface area contributed by atoms with Gasteiger partial charge in [-0.3, -0.25) is 9.79 Å². The zero-order valence-corrected chi connectivity index (χ0v) is 4.41. The smallest absolute Gasteiger partial charge is 0.449 e. The van der Waals surface area contributed by atoms with Crippen LogP contribution in [0.3, 0.4) is 0 Å². The zero-order valence-electron chi connectivity index (χ0n) is 3.51. The van der Waals surface area contributed by atoms with Crippen molar-refractivity contribution in [3.63, 3.8) is 0 Å². The van der Waals surface area contributed by atoms with Crippen LogP contribution in [0.25, 0.3) is 0 Å². The van der Waals surface area contributed by atoms with E-state index in [1.165, 1.54) is 0 Å². The maximum absolute atomic E-state index is 9.53. The minimum atomic E-state index is -4.82. The van der Waals surface area contributed by atoms with Gasteiger partial charge in [0.15, 0.2) is 0 Å². The molecule has 0 heterocycles. The maximum atomic E-state index is 9.53. The summed E-state index contributed by atoms with van der Waals surface area (Å²) in [5, 5.41) is 7.53. The molecule has 0 radical (unpaired) electrons. The second-order valence-corrected chi connectivity index (χ2v) is 2.01. The van der Waals surface area contributed by atoms with Crippen LogP contribution in [0.2, 0.25) is 0 Å². The number of rotatable bonds is 1. The van der Waals surface area contributed by atoms with E-state index in [9.17, 15) is 9.36 Å². The van der Waals surface area contributed by atoms with E-state index in [0.29, 0.717) is 0 Å². The van der Waals surface area contributed by atoms with E-state index < -0.39 is 14.0 Å². The molecule has 0 saturated carbocycles. The molecular weight excluding hydrogens is 139 g/mol. The first-order valence-electron chi connectivity index (χ1n) is 1.40. The van der Waals surface area contributed by atoms with Crippen LogP contribution in [0.15, 0.2) is 0 Å². The highest BCUT2D eigenvalue weighted by atomic mass is 31.2. The van der Waals surface area contributed by atoms with E-state index in [2.05, 4.69) is 4.52 Å². The minimum Gasteiger partial charge on any atom is -0.449 e. The lowest BCUT2D eigenvalue weighted by Crippen LogP contribution is -1.95. The molecular formula is CH3O6P. The Morgan fingerprint density at radius 2 is 1.88 bits per heavy atom. The van der Waals surface area contributed by atoms with Crippen LogP contribution in [0, 0.1) is 0 Å². The van der Waals surface area contributed by atoms with Crippen molar-refractivity contribution in [2.24, 2.45) is 0 Å². The molecule has 0 aliphatic carbocycles. The summed E-state index contributed by atoms with van der Waals surface area (Å²) in [6.07, 6.45) is -1.99. The molecule has 6 nitrogen and oxygen atoms in total. The summed E-state index contributed by atoms with van der Waals surface area (Å²) >= 11 is 0. The van der Waals surface area contributed by atoms with Gasteiger partial charge in [0, 0.05) is 0 Å². The highest BCUT2D eigenvalue weighted by Crippen LogP contribution is 2.35. The van der Waals surface area contributed by atoms with Crippen molar-refractivity contribution in [3.05, 3.63) is 0 Å². The van der Waals surface area contributed by atoms with Crippen molar-refractivity contribution in [2.75, 3.05) is 0 Å². The fourth-order valence-electron chi connectivity index (χ4n) is 0.102. The van der Waals surface area contributed by atoms with Crippen molar-refractivity contribution in [3.8, 4) is 0 Å². The Bertz CT molecular complexity index is 131. The quantitative estimate of drug-likeness (QED) is 0.437. The Morgan fingerprint density at radius 1 is 1.50 bits per heavy atom. The van der Waals surface area contributed by atoms with Crippen LogP contribution in [-0.2, 0) is 9.09 Å². The van der Waals surface area contributed by atoms with E-state index >= 15 is 0 Å². The fraction of sp³-hybridized carbons (Fsp3) is 0. The molecule has 48 valence electrons. The lowest BCUT2D eigenvalue weighted by molar-refractivity contribution is 0.126. The van der Waals surface area contributed by atoms with Gasteiger partial charge in [-0.2, -0.15) is 0 Å². The molecule has 0 atom stereocenters. The summed E-state index contributed by atoms with van der Waals surface area (Å²) < 4.78 is 12.6. The largest absolute Gasteiger partial charge is 0.529 e. The van der Waals surface area contributed by atoms with Gasteiger partial charge in [0.2, 0.25) is 0 Å². The molecule has 0 bridgehead atoms. The second-order valence-electron chi connectivity index (χ2n) is 0.848. The summed E-state index contributed by atoms with van der Waals surface area (Å²) in [4.78, 5) is 24.7. The van der Waals surface area contributed by atoms with Gasteiger partial charge in [-0.1, -0.05) is 0 Å². The van der Waals surface area contributed by atoms with Crippen LogP contribution < -0.4 is 0 Å². The predicted molar refractivity (Wildman–Crippen MR) is 21.2 cm³/mol. The average molecular weight is 142 g/mol. The van der Waals surface area contributed by atoms with Crippen molar-refractivity contribution in [1.82, 2.24) is 0 Å². The van der Waals surface area contributed by atoms with Gasteiger partial charge in [-0.25, -0.2) is 9.36 Å². The molecule has 8 heavy (non-hydrogen) atoms. The maximum Gasteiger partial charge on any atom is 0.529 e. The molecule has 0 amide bonds. The average Bonchev–Trinajstić information content (AvgIpc) is 1.21. The van der Waals surface area contributed by atoms with E-state index in [4.69, 9.17) is 14.9 Å². The summed E-state index contributed by atoms with van der Waals surface area (Å²) in [5.74, 6) is 0. The Morgan fingerprint density at radius 3 is 1.88 bits per heavy atom. The molecule has 0 rings (SSSR count). The van der Waals surface area contributed by atoms with E-state index in [0.717, 1.165) is 0 Å². The topological polar surface area (TPSA) is 104 Å². The van der Waals surface area contributed by atoms with Crippen LogP contribution in [-0.4, -0.2) is 21.0 Å². The Hall–Kier alpha value is -0.580. The molecule has 3 N–H and O–H groups in total. The highest BCUT2D eigenvalue weighted by molar-refractivity contribution is 7.46. The van der Waals surface area contributed by atoms with E-state index in [1.807, 2.05) is 0 Å². The summed E-state index contributed by atoms with van der Waals surface area (Å²) in [6, 6.07) is 0. The second kappa shape index (κ2) is 2.13. The fourth-order valence-corrected chi connectivity index (χ4v) is 0.305. The van der Waals surface area contributed by atoms with Crippen molar-refractivity contribution in [1.29, 1.82) is 0 Å². The van der Waals surface area contributed by atoms with Gasteiger partial charge in [0.1, 0.15) is 0 Å². The Balaban J connectivity index is 3.74. The number of hydrogen-bond acceptors (Lipinski definition) is 3. The molecule has 0 spiro atoms. The van der Waals surface area contributed by atoms with Gasteiger partial charge in [-0.05, 0) is 0 Å². The third-order valence-electron chi connectivity index (χ3n) is 0.197. The van der Waals surface area contributed by atoms with Crippen molar-refractivity contribution >= 4 is 14.0 Å². The predicted octanol–water partition coefficient (Wildman–Crippen LogP) is -0.226. The first kappa shape index (κ1) is 7.42. The number of hydrogen-bond donors (Lipinski definition) is 3. The lowest BCUT2D eigenvalue weighted by atomic mass is 11.5. The highest BCUT2D eigenvalue weighted by Gasteiger charge is 2.18. The third-order valence-corrected chi connectivity index (χ3v) is 0.591. The molecule has 0 aromatic heterocycles. The third kappa shape index (κ3) is 5.42. The van der Waals surface area contributed by atoms with Gasteiger partial charge in [-0.15, -0.1) is 0 Å². The molecule has 0 aromatic rings. The monoisotopic (exact) mass is 142 g/mol.